The second-order valence-electron chi connectivity index (χ2n) is 7.22. The third-order valence-electron chi connectivity index (χ3n) is 4.58. The van der Waals surface area contributed by atoms with Crippen LogP contribution in [0.15, 0.2) is 0 Å². The van der Waals surface area contributed by atoms with Crippen molar-refractivity contribution >= 4 is 0 Å². The molecule has 1 N–H and O–H groups in total. The van der Waals surface area contributed by atoms with Crippen molar-refractivity contribution in [1.29, 1.82) is 0 Å². The van der Waals surface area contributed by atoms with Gasteiger partial charge in [0.15, 0.2) is 0 Å². The molecule has 2 heteroatoms. The van der Waals surface area contributed by atoms with Gasteiger partial charge < -0.3 is 5.32 Å². The van der Waals surface area contributed by atoms with Gasteiger partial charge in [-0.05, 0) is 44.9 Å². The minimum Gasteiger partial charge on any atom is -0.311 e. The van der Waals surface area contributed by atoms with Crippen LogP contribution in [0, 0.1) is 11.8 Å². The van der Waals surface area contributed by atoms with Gasteiger partial charge in [-0.15, -0.1) is 0 Å². The maximum atomic E-state index is 3.74. The summed E-state index contributed by atoms with van der Waals surface area (Å²) in [4.78, 5) is 2.75. The molecule has 0 spiro atoms. The highest BCUT2D eigenvalue weighted by atomic mass is 15.3. The SMILES string of the molecule is CC(C)CC1CN(CC2CCC2)C(C)(C)CN1. The first-order valence-electron chi connectivity index (χ1n) is 7.46. The van der Waals surface area contributed by atoms with Gasteiger partial charge in [0.1, 0.15) is 0 Å². The summed E-state index contributed by atoms with van der Waals surface area (Å²) in [6.45, 7) is 13.2. The molecular formula is C15H30N2. The van der Waals surface area contributed by atoms with E-state index in [0.29, 0.717) is 11.6 Å². The zero-order chi connectivity index (χ0) is 12.5. The van der Waals surface area contributed by atoms with Gasteiger partial charge in [0.25, 0.3) is 0 Å². The van der Waals surface area contributed by atoms with Crippen molar-refractivity contribution in [3.8, 4) is 0 Å². The summed E-state index contributed by atoms with van der Waals surface area (Å²) in [6.07, 6.45) is 5.72. The van der Waals surface area contributed by atoms with Crippen LogP contribution in [0.4, 0.5) is 0 Å². The molecule has 1 unspecified atom stereocenters. The van der Waals surface area contributed by atoms with Gasteiger partial charge in [0.05, 0.1) is 0 Å². The van der Waals surface area contributed by atoms with Crippen molar-refractivity contribution in [2.45, 2.75) is 65.0 Å². The lowest BCUT2D eigenvalue weighted by Gasteiger charge is -2.48. The Bertz CT molecular complexity index is 243. The molecule has 0 amide bonds. The summed E-state index contributed by atoms with van der Waals surface area (Å²) in [5.74, 6) is 1.80. The maximum absolute atomic E-state index is 3.74. The number of hydrogen-bond donors (Lipinski definition) is 1. The van der Waals surface area contributed by atoms with Gasteiger partial charge in [-0.2, -0.15) is 0 Å². The molecule has 0 aromatic carbocycles. The van der Waals surface area contributed by atoms with Crippen molar-refractivity contribution < 1.29 is 0 Å². The highest BCUT2D eigenvalue weighted by Crippen LogP contribution is 2.30. The molecule has 2 nitrogen and oxygen atoms in total. The second-order valence-corrected chi connectivity index (χ2v) is 7.22. The number of rotatable bonds is 4. The highest BCUT2D eigenvalue weighted by molar-refractivity contribution is 4.94. The van der Waals surface area contributed by atoms with Crippen LogP contribution in [0.25, 0.3) is 0 Å². The minimum absolute atomic E-state index is 0.350. The zero-order valence-electron chi connectivity index (χ0n) is 12.1. The molecule has 2 aliphatic rings. The topological polar surface area (TPSA) is 15.3 Å². The van der Waals surface area contributed by atoms with Crippen molar-refractivity contribution in [3.05, 3.63) is 0 Å². The van der Waals surface area contributed by atoms with E-state index in [1.54, 1.807) is 0 Å². The van der Waals surface area contributed by atoms with Gasteiger partial charge in [-0.1, -0.05) is 20.3 Å². The minimum atomic E-state index is 0.350. The van der Waals surface area contributed by atoms with E-state index >= 15 is 0 Å². The van der Waals surface area contributed by atoms with Gasteiger partial charge in [-0.25, -0.2) is 0 Å². The van der Waals surface area contributed by atoms with Gasteiger partial charge >= 0.3 is 0 Å². The lowest BCUT2D eigenvalue weighted by Crippen LogP contribution is -2.63. The smallest absolute Gasteiger partial charge is 0.0278 e. The molecule has 2 rings (SSSR count). The molecule has 1 aliphatic heterocycles. The lowest BCUT2D eigenvalue weighted by atomic mass is 9.83. The summed E-state index contributed by atoms with van der Waals surface area (Å²) >= 11 is 0. The van der Waals surface area contributed by atoms with Crippen LogP contribution < -0.4 is 5.32 Å². The molecule has 100 valence electrons. The molecule has 1 aliphatic carbocycles. The first-order valence-corrected chi connectivity index (χ1v) is 7.46. The molecule has 1 atom stereocenters. The molecule has 0 aromatic rings. The summed E-state index contributed by atoms with van der Waals surface area (Å²) in [5, 5.41) is 3.74. The van der Waals surface area contributed by atoms with Crippen molar-refractivity contribution in [1.82, 2.24) is 10.2 Å². The number of nitrogens with one attached hydrogen (secondary N) is 1. The van der Waals surface area contributed by atoms with E-state index in [4.69, 9.17) is 0 Å². The Morgan fingerprint density at radius 3 is 2.53 bits per heavy atom. The van der Waals surface area contributed by atoms with E-state index in [2.05, 4.69) is 37.9 Å². The summed E-state index contributed by atoms with van der Waals surface area (Å²) in [7, 11) is 0. The van der Waals surface area contributed by atoms with Gasteiger partial charge in [0, 0.05) is 31.2 Å². The molecule has 1 heterocycles. The molecule has 0 aromatic heterocycles. The van der Waals surface area contributed by atoms with E-state index in [9.17, 15) is 0 Å². The average Bonchev–Trinajstić information content (AvgIpc) is 2.15. The summed E-state index contributed by atoms with van der Waals surface area (Å²) in [5.41, 5.74) is 0.350. The predicted molar refractivity (Wildman–Crippen MR) is 74.2 cm³/mol. The number of piperazine rings is 1. The van der Waals surface area contributed by atoms with Gasteiger partial charge in [0.2, 0.25) is 0 Å². The average molecular weight is 238 g/mol. The molecule has 0 bridgehead atoms. The summed E-state index contributed by atoms with van der Waals surface area (Å²) in [6, 6.07) is 0.711. The number of nitrogens with zero attached hydrogens (tertiary/aromatic N) is 1. The molecule has 0 radical (unpaired) electrons. The van der Waals surface area contributed by atoms with E-state index in [1.807, 2.05) is 0 Å². The Balaban J connectivity index is 1.88. The molecule has 1 saturated carbocycles. The Hall–Kier alpha value is -0.0800. The van der Waals surface area contributed by atoms with Crippen LogP contribution in [0.3, 0.4) is 0 Å². The fourth-order valence-corrected chi connectivity index (χ4v) is 3.12. The standard InChI is InChI=1S/C15H30N2/c1-12(2)8-14-10-17(9-13-6-5-7-13)15(3,4)11-16-14/h12-14,16H,5-11H2,1-4H3. The van der Waals surface area contributed by atoms with E-state index in [1.165, 1.54) is 38.8 Å². The fraction of sp³-hybridized carbons (Fsp3) is 1.00. The van der Waals surface area contributed by atoms with E-state index in [0.717, 1.165) is 18.4 Å². The highest BCUT2D eigenvalue weighted by Gasteiger charge is 2.35. The Morgan fingerprint density at radius 1 is 1.29 bits per heavy atom. The van der Waals surface area contributed by atoms with E-state index < -0.39 is 0 Å². The van der Waals surface area contributed by atoms with Gasteiger partial charge in [-0.3, -0.25) is 4.90 Å². The Kier molecular flexibility index (Phi) is 4.14. The van der Waals surface area contributed by atoms with Crippen LogP contribution in [0.1, 0.15) is 53.4 Å². The monoisotopic (exact) mass is 238 g/mol. The van der Waals surface area contributed by atoms with Crippen LogP contribution in [0.2, 0.25) is 0 Å². The lowest BCUT2D eigenvalue weighted by molar-refractivity contribution is 0.0332. The Labute approximate surface area is 107 Å². The first kappa shape index (κ1) is 13.4. The van der Waals surface area contributed by atoms with Crippen molar-refractivity contribution in [3.63, 3.8) is 0 Å². The zero-order valence-corrected chi connectivity index (χ0v) is 12.1. The predicted octanol–water partition coefficient (Wildman–Crippen LogP) is 2.89. The molecule has 1 saturated heterocycles. The normalized spacial score (nSPS) is 30.5. The second kappa shape index (κ2) is 5.27. The summed E-state index contributed by atoms with van der Waals surface area (Å²) < 4.78 is 0. The largest absolute Gasteiger partial charge is 0.311 e. The first-order chi connectivity index (χ1) is 7.97. The maximum Gasteiger partial charge on any atom is 0.0278 e. The fourth-order valence-electron chi connectivity index (χ4n) is 3.12. The van der Waals surface area contributed by atoms with E-state index in [-0.39, 0.29) is 0 Å². The van der Waals surface area contributed by atoms with Crippen LogP contribution in [-0.4, -0.2) is 36.1 Å². The van der Waals surface area contributed by atoms with Crippen molar-refractivity contribution in [2.75, 3.05) is 19.6 Å². The number of hydrogen-bond acceptors (Lipinski definition) is 2. The Morgan fingerprint density at radius 2 is 2.00 bits per heavy atom. The molecule has 17 heavy (non-hydrogen) atoms. The molecule has 2 fully saturated rings. The van der Waals surface area contributed by atoms with Crippen LogP contribution >= 0.6 is 0 Å². The van der Waals surface area contributed by atoms with Crippen LogP contribution in [0.5, 0.6) is 0 Å². The quantitative estimate of drug-likeness (QED) is 0.810. The van der Waals surface area contributed by atoms with Crippen molar-refractivity contribution in [2.24, 2.45) is 11.8 Å². The third-order valence-corrected chi connectivity index (χ3v) is 4.58. The van der Waals surface area contributed by atoms with Crippen LogP contribution in [-0.2, 0) is 0 Å². The molecular weight excluding hydrogens is 208 g/mol. The third kappa shape index (κ3) is 3.45.